The summed E-state index contributed by atoms with van der Waals surface area (Å²) in [5.74, 6) is 0.484. The van der Waals surface area contributed by atoms with Crippen LogP contribution in [-0.2, 0) is 4.79 Å². The summed E-state index contributed by atoms with van der Waals surface area (Å²) in [6, 6.07) is 11.2. The molecule has 1 amide bonds. The number of hydrogen-bond donors (Lipinski definition) is 1. The van der Waals surface area contributed by atoms with Crippen molar-refractivity contribution in [2.45, 2.75) is 13.8 Å². The monoisotopic (exact) mass is 313 g/mol. The van der Waals surface area contributed by atoms with E-state index in [2.05, 4.69) is 14.1 Å². The predicted molar refractivity (Wildman–Crippen MR) is 87.5 cm³/mol. The molecule has 22 heavy (non-hydrogen) atoms. The third-order valence-electron chi connectivity index (χ3n) is 3.39. The van der Waals surface area contributed by atoms with Gasteiger partial charge in [0.15, 0.2) is 6.61 Å². The van der Waals surface area contributed by atoms with Crippen LogP contribution in [0.5, 0.6) is 5.75 Å². The van der Waals surface area contributed by atoms with Crippen LogP contribution in [0.4, 0.5) is 5.69 Å². The lowest BCUT2D eigenvalue weighted by atomic mass is 10.1. The average Bonchev–Trinajstić information content (AvgIpc) is 2.96. The van der Waals surface area contributed by atoms with E-state index in [0.29, 0.717) is 11.4 Å². The second-order valence-electron chi connectivity index (χ2n) is 5.05. The maximum Gasteiger partial charge on any atom is 0.262 e. The molecule has 5 nitrogen and oxygen atoms in total. The van der Waals surface area contributed by atoms with Gasteiger partial charge in [-0.15, -0.1) is 0 Å². The maximum atomic E-state index is 11.9. The highest BCUT2D eigenvalue weighted by atomic mass is 32.1. The highest BCUT2D eigenvalue weighted by Gasteiger charge is 2.06. The molecule has 2 aromatic carbocycles. The maximum absolute atomic E-state index is 11.9. The van der Waals surface area contributed by atoms with Gasteiger partial charge in [0.25, 0.3) is 5.91 Å². The number of nitrogens with one attached hydrogen (secondary N) is 1. The zero-order valence-corrected chi connectivity index (χ0v) is 13.1. The molecule has 0 fully saturated rings. The van der Waals surface area contributed by atoms with Crippen LogP contribution in [0.2, 0.25) is 0 Å². The van der Waals surface area contributed by atoms with Gasteiger partial charge in [-0.2, -0.15) is 8.75 Å². The molecule has 0 atom stereocenters. The Morgan fingerprint density at radius 1 is 1.09 bits per heavy atom. The number of carbonyl (C=O) groups excluding carboxylic acids is 1. The van der Waals surface area contributed by atoms with E-state index in [0.717, 1.165) is 28.3 Å². The number of hydrogen-bond acceptors (Lipinski definition) is 5. The third kappa shape index (κ3) is 3.23. The minimum absolute atomic E-state index is 0.0319. The van der Waals surface area contributed by atoms with Crippen LogP contribution in [0, 0.1) is 13.8 Å². The smallest absolute Gasteiger partial charge is 0.262 e. The summed E-state index contributed by atoms with van der Waals surface area (Å²) in [4.78, 5) is 11.9. The van der Waals surface area contributed by atoms with Crippen LogP contribution >= 0.6 is 11.7 Å². The van der Waals surface area contributed by atoms with Crippen LogP contribution in [0.25, 0.3) is 11.0 Å². The molecule has 0 saturated heterocycles. The number of rotatable bonds is 4. The molecular formula is C16H15N3O2S. The van der Waals surface area contributed by atoms with Gasteiger partial charge in [0, 0.05) is 5.69 Å². The van der Waals surface area contributed by atoms with E-state index in [1.165, 1.54) is 5.56 Å². The molecule has 1 aromatic heterocycles. The van der Waals surface area contributed by atoms with E-state index in [1.807, 2.05) is 38.1 Å². The van der Waals surface area contributed by atoms with E-state index in [4.69, 9.17) is 4.74 Å². The molecule has 0 aliphatic carbocycles. The Kier molecular flexibility index (Phi) is 4.02. The van der Waals surface area contributed by atoms with Crippen molar-refractivity contribution in [3.63, 3.8) is 0 Å². The molecular weight excluding hydrogens is 298 g/mol. The first-order chi connectivity index (χ1) is 10.6. The lowest BCUT2D eigenvalue weighted by Crippen LogP contribution is -2.20. The zero-order chi connectivity index (χ0) is 15.5. The average molecular weight is 313 g/mol. The Morgan fingerprint density at radius 2 is 1.91 bits per heavy atom. The van der Waals surface area contributed by atoms with Crippen molar-refractivity contribution in [1.82, 2.24) is 8.75 Å². The number of aromatic nitrogens is 2. The fourth-order valence-electron chi connectivity index (χ4n) is 2.01. The molecule has 0 radical (unpaired) electrons. The highest BCUT2D eigenvalue weighted by Crippen LogP contribution is 2.18. The summed E-state index contributed by atoms with van der Waals surface area (Å²) in [6.45, 7) is 4.02. The summed E-state index contributed by atoms with van der Waals surface area (Å²) in [5.41, 5.74) is 4.63. The molecule has 0 unspecified atom stereocenters. The Bertz CT molecular complexity index is 829. The molecule has 6 heteroatoms. The molecule has 0 aliphatic rings. The minimum Gasteiger partial charge on any atom is -0.484 e. The number of benzene rings is 2. The lowest BCUT2D eigenvalue weighted by Gasteiger charge is -2.09. The van der Waals surface area contributed by atoms with Crippen LogP contribution in [0.1, 0.15) is 11.1 Å². The predicted octanol–water partition coefficient (Wildman–Crippen LogP) is 3.33. The molecule has 0 bridgehead atoms. The third-order valence-corrected chi connectivity index (χ3v) is 3.94. The van der Waals surface area contributed by atoms with Crippen molar-refractivity contribution in [3.8, 4) is 5.75 Å². The summed E-state index contributed by atoms with van der Waals surface area (Å²) in [6.07, 6.45) is 0. The summed E-state index contributed by atoms with van der Waals surface area (Å²) >= 11 is 1.15. The topological polar surface area (TPSA) is 64.1 Å². The highest BCUT2D eigenvalue weighted by molar-refractivity contribution is 7.00. The van der Waals surface area contributed by atoms with Crippen LogP contribution in [0.3, 0.4) is 0 Å². The standard InChI is InChI=1S/C16H15N3O2S/c1-10-3-5-13(7-11(10)2)21-9-16(20)17-12-4-6-14-15(8-12)19-22-18-14/h3-8H,9H2,1-2H3,(H,17,20). The zero-order valence-electron chi connectivity index (χ0n) is 12.3. The number of nitrogens with zero attached hydrogens (tertiary/aromatic N) is 2. The Hall–Kier alpha value is -2.47. The van der Waals surface area contributed by atoms with Crippen molar-refractivity contribution >= 4 is 34.4 Å². The molecule has 0 aliphatic heterocycles. The molecule has 3 rings (SSSR count). The van der Waals surface area contributed by atoms with Crippen molar-refractivity contribution in [2.24, 2.45) is 0 Å². The molecule has 1 heterocycles. The first kappa shape index (κ1) is 14.5. The van der Waals surface area contributed by atoms with E-state index < -0.39 is 0 Å². The summed E-state index contributed by atoms with van der Waals surface area (Å²) in [7, 11) is 0. The Morgan fingerprint density at radius 3 is 2.73 bits per heavy atom. The number of ether oxygens (including phenoxy) is 1. The van der Waals surface area contributed by atoms with Crippen molar-refractivity contribution in [1.29, 1.82) is 0 Å². The van der Waals surface area contributed by atoms with Gasteiger partial charge >= 0.3 is 0 Å². The Balaban J connectivity index is 1.60. The Labute approximate surface area is 132 Å². The molecule has 112 valence electrons. The number of anilines is 1. The molecule has 0 saturated carbocycles. The quantitative estimate of drug-likeness (QED) is 0.802. The second-order valence-corrected chi connectivity index (χ2v) is 5.58. The van der Waals surface area contributed by atoms with Gasteiger partial charge in [0.1, 0.15) is 16.8 Å². The first-order valence-corrected chi connectivity index (χ1v) is 7.57. The largest absolute Gasteiger partial charge is 0.484 e. The first-order valence-electron chi connectivity index (χ1n) is 6.84. The van der Waals surface area contributed by atoms with Crippen LogP contribution < -0.4 is 10.1 Å². The van der Waals surface area contributed by atoms with Crippen LogP contribution in [-0.4, -0.2) is 21.3 Å². The molecule has 1 N–H and O–H groups in total. The number of aryl methyl sites for hydroxylation is 2. The van der Waals surface area contributed by atoms with Crippen molar-refractivity contribution in [2.75, 3.05) is 11.9 Å². The van der Waals surface area contributed by atoms with E-state index in [9.17, 15) is 4.79 Å². The summed E-state index contributed by atoms with van der Waals surface area (Å²) < 4.78 is 13.8. The SMILES string of the molecule is Cc1ccc(OCC(=O)Nc2ccc3nsnc3c2)cc1C. The fraction of sp³-hybridized carbons (Fsp3) is 0.188. The molecule has 3 aromatic rings. The van der Waals surface area contributed by atoms with Gasteiger partial charge in [-0.3, -0.25) is 4.79 Å². The van der Waals surface area contributed by atoms with Crippen molar-refractivity contribution in [3.05, 3.63) is 47.5 Å². The van der Waals surface area contributed by atoms with Crippen LogP contribution in [0.15, 0.2) is 36.4 Å². The van der Waals surface area contributed by atoms with Gasteiger partial charge < -0.3 is 10.1 Å². The van der Waals surface area contributed by atoms with Crippen molar-refractivity contribution < 1.29 is 9.53 Å². The number of amides is 1. The fourth-order valence-corrected chi connectivity index (χ4v) is 2.53. The van der Waals surface area contributed by atoms with Gasteiger partial charge in [-0.1, -0.05) is 6.07 Å². The molecule has 0 spiro atoms. The van der Waals surface area contributed by atoms with E-state index in [-0.39, 0.29) is 12.5 Å². The number of carbonyl (C=O) groups is 1. The lowest BCUT2D eigenvalue weighted by molar-refractivity contribution is -0.118. The van der Waals surface area contributed by atoms with Gasteiger partial charge in [0.2, 0.25) is 0 Å². The minimum atomic E-state index is -0.208. The van der Waals surface area contributed by atoms with E-state index in [1.54, 1.807) is 12.1 Å². The number of fused-ring (bicyclic) bond motifs is 1. The second kappa shape index (κ2) is 6.11. The summed E-state index contributed by atoms with van der Waals surface area (Å²) in [5, 5.41) is 2.79. The van der Waals surface area contributed by atoms with Gasteiger partial charge in [0.05, 0.1) is 11.7 Å². The van der Waals surface area contributed by atoms with Gasteiger partial charge in [-0.05, 0) is 55.3 Å². The van der Waals surface area contributed by atoms with Gasteiger partial charge in [-0.25, -0.2) is 0 Å². The normalized spacial score (nSPS) is 10.6. The van der Waals surface area contributed by atoms with E-state index >= 15 is 0 Å².